The molecule has 1 N–H and O–H groups in total. The first-order chi connectivity index (χ1) is 9.52. The molecule has 20 heavy (non-hydrogen) atoms. The first kappa shape index (κ1) is 15.0. The molecule has 6 heteroatoms. The minimum atomic E-state index is -0.324. The van der Waals surface area contributed by atoms with Gasteiger partial charge in [0.2, 0.25) is 5.91 Å². The third-order valence-corrected chi connectivity index (χ3v) is 3.81. The highest BCUT2D eigenvalue weighted by Gasteiger charge is 2.09. The van der Waals surface area contributed by atoms with Gasteiger partial charge in [0.05, 0.1) is 10.9 Å². The van der Waals surface area contributed by atoms with Crippen LogP contribution in [0, 0.1) is 5.82 Å². The average molecular weight is 313 g/mol. The molecule has 106 valence electrons. The van der Waals surface area contributed by atoms with E-state index in [2.05, 4.69) is 5.32 Å². The van der Waals surface area contributed by atoms with E-state index in [9.17, 15) is 9.18 Å². The lowest BCUT2D eigenvalue weighted by Crippen LogP contribution is -2.29. The third kappa shape index (κ3) is 4.59. The summed E-state index contributed by atoms with van der Waals surface area (Å²) in [6.07, 6.45) is 0. The highest BCUT2D eigenvalue weighted by Crippen LogP contribution is 2.22. The molecule has 0 atom stereocenters. The van der Waals surface area contributed by atoms with E-state index in [1.165, 1.54) is 35.6 Å². The van der Waals surface area contributed by atoms with Crippen molar-refractivity contribution in [3.8, 4) is 0 Å². The van der Waals surface area contributed by atoms with Crippen molar-refractivity contribution in [3.05, 3.63) is 51.4 Å². The SMILES string of the molecule is CN(CC(=O)Nc1ccc(F)cc1)Cc1ccc(Cl)s1. The lowest BCUT2D eigenvalue weighted by atomic mass is 10.3. The lowest BCUT2D eigenvalue weighted by molar-refractivity contribution is -0.117. The predicted octanol–water partition coefficient (Wildman–Crippen LogP) is 3.61. The molecule has 0 aliphatic rings. The van der Waals surface area contributed by atoms with E-state index in [-0.39, 0.29) is 18.3 Å². The van der Waals surface area contributed by atoms with E-state index in [0.29, 0.717) is 12.2 Å². The number of nitrogens with one attached hydrogen (secondary N) is 1. The minimum absolute atomic E-state index is 0.137. The van der Waals surface area contributed by atoms with Gasteiger partial charge in [0.1, 0.15) is 5.82 Å². The van der Waals surface area contributed by atoms with Crippen LogP contribution in [0.15, 0.2) is 36.4 Å². The van der Waals surface area contributed by atoms with Crippen molar-refractivity contribution in [1.29, 1.82) is 0 Å². The summed E-state index contributed by atoms with van der Waals surface area (Å²) < 4.78 is 13.5. The smallest absolute Gasteiger partial charge is 0.238 e. The quantitative estimate of drug-likeness (QED) is 0.914. The Morgan fingerprint density at radius 1 is 1.30 bits per heavy atom. The molecule has 0 saturated carbocycles. The summed E-state index contributed by atoms with van der Waals surface area (Å²) >= 11 is 7.36. The number of likely N-dealkylation sites (N-methyl/N-ethyl adjacent to an activating group) is 1. The number of hydrogen-bond acceptors (Lipinski definition) is 3. The normalized spacial score (nSPS) is 10.8. The summed E-state index contributed by atoms with van der Waals surface area (Å²) in [5.41, 5.74) is 0.587. The number of amides is 1. The zero-order valence-electron chi connectivity index (χ0n) is 10.9. The molecule has 0 saturated heterocycles. The van der Waals surface area contributed by atoms with Gasteiger partial charge in [0.15, 0.2) is 0 Å². The molecule has 1 aromatic heterocycles. The molecule has 0 aliphatic heterocycles. The summed E-state index contributed by atoms with van der Waals surface area (Å²) in [5, 5.41) is 2.72. The van der Waals surface area contributed by atoms with Crippen molar-refractivity contribution in [2.24, 2.45) is 0 Å². The van der Waals surface area contributed by atoms with Crippen LogP contribution in [0.3, 0.4) is 0 Å². The Hall–Kier alpha value is -1.43. The van der Waals surface area contributed by atoms with E-state index in [1.807, 2.05) is 24.1 Å². The minimum Gasteiger partial charge on any atom is -0.325 e. The van der Waals surface area contributed by atoms with Crippen LogP contribution in [-0.2, 0) is 11.3 Å². The molecule has 1 aromatic carbocycles. The largest absolute Gasteiger partial charge is 0.325 e. The Kier molecular flexibility index (Phi) is 5.11. The maximum atomic E-state index is 12.7. The molecule has 2 aromatic rings. The molecule has 2 rings (SSSR count). The fraction of sp³-hybridized carbons (Fsp3) is 0.214. The van der Waals surface area contributed by atoms with Crippen LogP contribution >= 0.6 is 22.9 Å². The Balaban J connectivity index is 1.83. The second kappa shape index (κ2) is 6.83. The van der Waals surface area contributed by atoms with Gasteiger partial charge in [-0.3, -0.25) is 9.69 Å². The Labute approximate surface area is 126 Å². The van der Waals surface area contributed by atoms with Gasteiger partial charge in [0, 0.05) is 17.1 Å². The second-order valence-corrected chi connectivity index (χ2v) is 6.23. The summed E-state index contributed by atoms with van der Waals surface area (Å²) in [6.45, 7) is 0.918. The van der Waals surface area contributed by atoms with Crippen LogP contribution < -0.4 is 5.32 Å². The highest BCUT2D eigenvalue weighted by molar-refractivity contribution is 7.16. The first-order valence-corrected chi connectivity index (χ1v) is 7.20. The van der Waals surface area contributed by atoms with Crippen LogP contribution in [0.2, 0.25) is 4.34 Å². The van der Waals surface area contributed by atoms with Gasteiger partial charge in [-0.25, -0.2) is 4.39 Å². The molecule has 0 unspecified atom stereocenters. The molecule has 3 nitrogen and oxygen atoms in total. The Morgan fingerprint density at radius 2 is 2.00 bits per heavy atom. The number of thiophene rings is 1. The molecule has 0 bridgehead atoms. The van der Waals surface area contributed by atoms with Gasteiger partial charge in [-0.2, -0.15) is 0 Å². The van der Waals surface area contributed by atoms with Crippen molar-refractivity contribution < 1.29 is 9.18 Å². The van der Waals surface area contributed by atoms with Gasteiger partial charge in [0.25, 0.3) is 0 Å². The summed E-state index contributed by atoms with van der Waals surface area (Å²) in [7, 11) is 1.86. The average Bonchev–Trinajstić information content (AvgIpc) is 2.77. The molecule has 0 fully saturated rings. The Morgan fingerprint density at radius 3 is 2.60 bits per heavy atom. The third-order valence-electron chi connectivity index (χ3n) is 2.60. The highest BCUT2D eigenvalue weighted by atomic mass is 35.5. The fourth-order valence-corrected chi connectivity index (χ4v) is 2.91. The zero-order chi connectivity index (χ0) is 14.5. The van der Waals surface area contributed by atoms with Gasteiger partial charge in [-0.15, -0.1) is 11.3 Å². The number of nitrogens with zero attached hydrogens (tertiary/aromatic N) is 1. The molecule has 0 aliphatic carbocycles. The van der Waals surface area contributed by atoms with Crippen LogP contribution in [0.4, 0.5) is 10.1 Å². The standard InChI is InChI=1S/C14H14ClFN2OS/c1-18(8-12-6-7-13(15)20-12)9-14(19)17-11-4-2-10(16)3-5-11/h2-7H,8-9H2,1H3,(H,17,19). The van der Waals surface area contributed by atoms with E-state index in [1.54, 1.807) is 0 Å². The van der Waals surface area contributed by atoms with Crippen molar-refractivity contribution in [1.82, 2.24) is 4.90 Å². The molecule has 0 radical (unpaired) electrons. The maximum absolute atomic E-state index is 12.7. The maximum Gasteiger partial charge on any atom is 0.238 e. The van der Waals surface area contributed by atoms with Crippen molar-refractivity contribution >= 4 is 34.5 Å². The zero-order valence-corrected chi connectivity index (χ0v) is 12.5. The summed E-state index contributed by atoms with van der Waals surface area (Å²) in [5.74, 6) is -0.462. The Bertz CT molecular complexity index is 585. The van der Waals surface area contributed by atoms with Crippen molar-refractivity contribution in [2.45, 2.75) is 6.54 Å². The summed E-state index contributed by atoms with van der Waals surface area (Å²) in [6, 6.07) is 9.48. The molecule has 1 heterocycles. The number of carbonyl (C=O) groups excluding carboxylic acids is 1. The molecule has 0 spiro atoms. The van der Waals surface area contributed by atoms with E-state index in [0.717, 1.165) is 9.21 Å². The second-order valence-electron chi connectivity index (χ2n) is 4.43. The topological polar surface area (TPSA) is 32.3 Å². The van der Waals surface area contributed by atoms with Gasteiger partial charge >= 0.3 is 0 Å². The summed E-state index contributed by atoms with van der Waals surface area (Å²) in [4.78, 5) is 14.8. The van der Waals surface area contributed by atoms with E-state index in [4.69, 9.17) is 11.6 Å². The molecule has 1 amide bonds. The number of hydrogen-bond donors (Lipinski definition) is 1. The van der Waals surface area contributed by atoms with Gasteiger partial charge in [-0.1, -0.05) is 11.6 Å². The lowest BCUT2D eigenvalue weighted by Gasteiger charge is -2.15. The number of benzene rings is 1. The van der Waals surface area contributed by atoms with Crippen molar-refractivity contribution in [3.63, 3.8) is 0 Å². The van der Waals surface area contributed by atoms with Gasteiger partial charge < -0.3 is 5.32 Å². The first-order valence-electron chi connectivity index (χ1n) is 6.01. The monoisotopic (exact) mass is 312 g/mol. The van der Waals surface area contributed by atoms with E-state index < -0.39 is 0 Å². The number of rotatable bonds is 5. The molecular formula is C14H14ClFN2OS. The fourth-order valence-electron chi connectivity index (χ4n) is 1.74. The number of anilines is 1. The number of halogens is 2. The molecular weight excluding hydrogens is 299 g/mol. The van der Waals surface area contributed by atoms with Crippen LogP contribution in [0.5, 0.6) is 0 Å². The number of carbonyl (C=O) groups is 1. The van der Waals surface area contributed by atoms with Crippen LogP contribution in [-0.4, -0.2) is 24.4 Å². The van der Waals surface area contributed by atoms with E-state index >= 15 is 0 Å². The van der Waals surface area contributed by atoms with Crippen molar-refractivity contribution in [2.75, 3.05) is 18.9 Å². The predicted molar refractivity (Wildman–Crippen MR) is 80.7 cm³/mol. The van der Waals surface area contributed by atoms with Crippen LogP contribution in [0.25, 0.3) is 0 Å². The van der Waals surface area contributed by atoms with Crippen LogP contribution in [0.1, 0.15) is 4.88 Å². The van der Waals surface area contributed by atoms with Gasteiger partial charge in [-0.05, 0) is 43.4 Å².